The van der Waals surface area contributed by atoms with Crippen LogP contribution in [0.15, 0.2) is 30.3 Å². The first kappa shape index (κ1) is 15.0. The van der Waals surface area contributed by atoms with Crippen LogP contribution in [0.25, 0.3) is 0 Å². The van der Waals surface area contributed by atoms with Gasteiger partial charge in [0.05, 0.1) is 12.6 Å². The molecular weight excluding hydrogens is 252 g/mol. The van der Waals surface area contributed by atoms with E-state index in [1.807, 2.05) is 18.2 Å². The first-order chi connectivity index (χ1) is 9.75. The molecule has 1 aromatic carbocycles. The zero-order chi connectivity index (χ0) is 14.2. The molecule has 1 saturated heterocycles. The number of nitrogens with one attached hydrogen (secondary N) is 1. The van der Waals surface area contributed by atoms with Gasteiger partial charge in [0, 0.05) is 13.2 Å². The second kappa shape index (κ2) is 8.02. The first-order valence-electron chi connectivity index (χ1n) is 7.40. The molecule has 0 aromatic heterocycles. The molecule has 2 unspecified atom stereocenters. The lowest BCUT2D eigenvalue weighted by atomic mass is 10.0. The van der Waals surface area contributed by atoms with Crippen molar-refractivity contribution in [2.24, 2.45) is 11.7 Å². The minimum Gasteiger partial charge on any atom is -0.381 e. The molecule has 110 valence electrons. The van der Waals surface area contributed by atoms with Crippen LogP contribution >= 0.6 is 0 Å². The van der Waals surface area contributed by atoms with E-state index >= 15 is 0 Å². The number of hydrogen-bond acceptors (Lipinski definition) is 3. The maximum atomic E-state index is 11.9. The summed E-state index contributed by atoms with van der Waals surface area (Å²) < 4.78 is 5.40. The third-order valence-corrected chi connectivity index (χ3v) is 3.74. The predicted octanol–water partition coefficient (Wildman–Crippen LogP) is 1.49. The monoisotopic (exact) mass is 276 g/mol. The van der Waals surface area contributed by atoms with Crippen LogP contribution in [0.2, 0.25) is 0 Å². The summed E-state index contributed by atoms with van der Waals surface area (Å²) in [5.74, 6) is 0.389. The molecule has 4 heteroatoms. The van der Waals surface area contributed by atoms with Gasteiger partial charge in [-0.1, -0.05) is 30.3 Å². The van der Waals surface area contributed by atoms with E-state index in [9.17, 15) is 4.79 Å². The summed E-state index contributed by atoms with van der Waals surface area (Å²) in [6, 6.07) is 9.68. The van der Waals surface area contributed by atoms with Gasteiger partial charge in [0.1, 0.15) is 0 Å². The van der Waals surface area contributed by atoms with Crippen LogP contribution < -0.4 is 11.1 Å². The lowest BCUT2D eigenvalue weighted by molar-refractivity contribution is -0.122. The molecule has 1 amide bonds. The molecule has 2 atom stereocenters. The van der Waals surface area contributed by atoms with E-state index in [0.29, 0.717) is 18.9 Å². The Bertz CT molecular complexity index is 402. The van der Waals surface area contributed by atoms with Crippen molar-refractivity contribution in [1.82, 2.24) is 5.32 Å². The number of carbonyl (C=O) groups excluding carboxylic acids is 1. The molecule has 1 heterocycles. The number of benzene rings is 1. The van der Waals surface area contributed by atoms with Crippen molar-refractivity contribution in [3.63, 3.8) is 0 Å². The average molecular weight is 276 g/mol. The van der Waals surface area contributed by atoms with Gasteiger partial charge in [-0.2, -0.15) is 0 Å². The fraction of sp³-hybridized carbons (Fsp3) is 0.562. The smallest absolute Gasteiger partial charge is 0.236 e. The van der Waals surface area contributed by atoms with Crippen LogP contribution in [0.1, 0.15) is 24.8 Å². The summed E-state index contributed by atoms with van der Waals surface area (Å²) in [6.45, 7) is 2.28. The highest BCUT2D eigenvalue weighted by Crippen LogP contribution is 2.12. The van der Waals surface area contributed by atoms with E-state index in [1.165, 1.54) is 5.56 Å². The second-order valence-corrected chi connectivity index (χ2v) is 5.46. The Morgan fingerprint density at radius 2 is 2.20 bits per heavy atom. The van der Waals surface area contributed by atoms with Crippen molar-refractivity contribution in [2.75, 3.05) is 19.8 Å². The van der Waals surface area contributed by atoms with Gasteiger partial charge in [0.15, 0.2) is 0 Å². The molecule has 0 radical (unpaired) electrons. The van der Waals surface area contributed by atoms with Crippen molar-refractivity contribution < 1.29 is 9.53 Å². The van der Waals surface area contributed by atoms with Crippen LogP contribution in [0, 0.1) is 5.92 Å². The Balaban J connectivity index is 1.66. The molecule has 3 N–H and O–H groups in total. The van der Waals surface area contributed by atoms with Gasteiger partial charge in [-0.05, 0) is 37.2 Å². The molecule has 1 fully saturated rings. The lowest BCUT2D eigenvalue weighted by Gasteiger charge is -2.23. The van der Waals surface area contributed by atoms with Crippen molar-refractivity contribution in [3.8, 4) is 0 Å². The molecule has 0 bridgehead atoms. The van der Waals surface area contributed by atoms with Gasteiger partial charge in [-0.25, -0.2) is 0 Å². The number of ether oxygens (including phenoxy) is 1. The predicted molar refractivity (Wildman–Crippen MR) is 79.3 cm³/mol. The number of rotatable bonds is 6. The van der Waals surface area contributed by atoms with E-state index in [4.69, 9.17) is 10.5 Å². The van der Waals surface area contributed by atoms with Gasteiger partial charge in [-0.15, -0.1) is 0 Å². The summed E-state index contributed by atoms with van der Waals surface area (Å²) in [5, 5.41) is 2.94. The van der Waals surface area contributed by atoms with E-state index in [1.54, 1.807) is 0 Å². The fourth-order valence-electron chi connectivity index (χ4n) is 2.44. The molecule has 20 heavy (non-hydrogen) atoms. The van der Waals surface area contributed by atoms with Crippen molar-refractivity contribution in [3.05, 3.63) is 35.9 Å². The Labute approximate surface area is 120 Å². The Morgan fingerprint density at radius 1 is 1.40 bits per heavy atom. The molecule has 4 nitrogen and oxygen atoms in total. The molecule has 1 aromatic rings. The summed E-state index contributed by atoms with van der Waals surface area (Å²) in [4.78, 5) is 11.9. The second-order valence-electron chi connectivity index (χ2n) is 5.46. The SMILES string of the molecule is NC(CCc1ccccc1)C(=O)NCC1CCCOC1. The van der Waals surface area contributed by atoms with E-state index in [2.05, 4.69) is 17.4 Å². The Hall–Kier alpha value is -1.39. The molecular formula is C16H24N2O2. The highest BCUT2D eigenvalue weighted by molar-refractivity contribution is 5.81. The maximum Gasteiger partial charge on any atom is 0.236 e. The number of hydrogen-bond donors (Lipinski definition) is 2. The molecule has 1 aliphatic rings. The highest BCUT2D eigenvalue weighted by Gasteiger charge is 2.17. The highest BCUT2D eigenvalue weighted by atomic mass is 16.5. The third kappa shape index (κ3) is 4.94. The zero-order valence-corrected chi connectivity index (χ0v) is 11.9. The molecule has 0 spiro atoms. The molecule has 2 rings (SSSR count). The van der Waals surface area contributed by atoms with E-state index in [-0.39, 0.29) is 5.91 Å². The third-order valence-electron chi connectivity index (χ3n) is 3.74. The molecule has 1 aliphatic heterocycles. The summed E-state index contributed by atoms with van der Waals surface area (Å²) in [7, 11) is 0. The Morgan fingerprint density at radius 3 is 2.90 bits per heavy atom. The van der Waals surface area contributed by atoms with Gasteiger partial charge in [-0.3, -0.25) is 4.79 Å². The van der Waals surface area contributed by atoms with Gasteiger partial charge < -0.3 is 15.8 Å². The van der Waals surface area contributed by atoms with Gasteiger partial charge >= 0.3 is 0 Å². The van der Waals surface area contributed by atoms with Gasteiger partial charge in [0.2, 0.25) is 5.91 Å². The molecule has 0 saturated carbocycles. The normalized spacial score (nSPS) is 20.4. The van der Waals surface area contributed by atoms with Gasteiger partial charge in [0.25, 0.3) is 0 Å². The Kier molecular flexibility index (Phi) is 6.02. The van der Waals surface area contributed by atoms with E-state index < -0.39 is 6.04 Å². The number of carbonyl (C=O) groups is 1. The minimum atomic E-state index is -0.431. The standard InChI is InChI=1S/C16H24N2O2/c17-15(9-8-13-5-2-1-3-6-13)16(19)18-11-14-7-4-10-20-12-14/h1-3,5-6,14-15H,4,7-12,17H2,(H,18,19). The lowest BCUT2D eigenvalue weighted by Crippen LogP contribution is -2.43. The topological polar surface area (TPSA) is 64.4 Å². The van der Waals surface area contributed by atoms with Crippen LogP contribution in [-0.2, 0) is 16.0 Å². The van der Waals surface area contributed by atoms with Crippen molar-refractivity contribution in [1.29, 1.82) is 0 Å². The van der Waals surface area contributed by atoms with Crippen LogP contribution in [0.4, 0.5) is 0 Å². The number of aryl methyl sites for hydroxylation is 1. The quantitative estimate of drug-likeness (QED) is 0.827. The first-order valence-corrected chi connectivity index (χ1v) is 7.40. The number of amides is 1. The van der Waals surface area contributed by atoms with Crippen LogP contribution in [0.3, 0.4) is 0 Å². The maximum absolute atomic E-state index is 11.9. The fourth-order valence-corrected chi connectivity index (χ4v) is 2.44. The van der Waals surface area contributed by atoms with E-state index in [0.717, 1.165) is 32.5 Å². The average Bonchev–Trinajstić information content (AvgIpc) is 2.52. The summed E-state index contributed by atoms with van der Waals surface area (Å²) >= 11 is 0. The summed E-state index contributed by atoms with van der Waals surface area (Å²) in [6.07, 6.45) is 3.72. The zero-order valence-electron chi connectivity index (χ0n) is 11.9. The largest absolute Gasteiger partial charge is 0.381 e. The minimum absolute atomic E-state index is 0.0495. The summed E-state index contributed by atoms with van der Waals surface area (Å²) in [5.41, 5.74) is 7.16. The van der Waals surface area contributed by atoms with Crippen LogP contribution in [-0.4, -0.2) is 31.7 Å². The van der Waals surface area contributed by atoms with Crippen molar-refractivity contribution in [2.45, 2.75) is 31.7 Å². The van der Waals surface area contributed by atoms with Crippen molar-refractivity contribution >= 4 is 5.91 Å². The molecule has 0 aliphatic carbocycles. The number of nitrogens with two attached hydrogens (primary N) is 1. The van der Waals surface area contributed by atoms with Crippen LogP contribution in [0.5, 0.6) is 0 Å².